The lowest BCUT2D eigenvalue weighted by atomic mass is 10.1. The number of benzene rings is 1. The Labute approximate surface area is 100 Å². The minimum atomic E-state index is -0.404. The Balaban J connectivity index is 2.91. The average Bonchev–Trinajstić information content (AvgIpc) is 2.36. The predicted octanol–water partition coefficient (Wildman–Crippen LogP) is 2.14. The van der Waals surface area contributed by atoms with Gasteiger partial charge in [0.15, 0.2) is 0 Å². The van der Waals surface area contributed by atoms with Gasteiger partial charge in [0.05, 0.1) is 25.3 Å². The summed E-state index contributed by atoms with van der Waals surface area (Å²) in [5.41, 5.74) is 1.23. The zero-order chi connectivity index (χ0) is 12.7. The number of hydrogen-bond donors (Lipinski definition) is 0. The monoisotopic (exact) mass is 231 g/mol. The van der Waals surface area contributed by atoms with Crippen LogP contribution >= 0.6 is 0 Å². The second-order valence-corrected chi connectivity index (χ2v) is 3.15. The molecule has 0 aliphatic heterocycles. The van der Waals surface area contributed by atoms with E-state index in [9.17, 15) is 4.79 Å². The van der Waals surface area contributed by atoms with E-state index in [0.29, 0.717) is 17.9 Å². The van der Waals surface area contributed by atoms with Crippen molar-refractivity contribution in [3.63, 3.8) is 0 Å². The van der Waals surface area contributed by atoms with E-state index < -0.39 is 5.97 Å². The maximum atomic E-state index is 11.1. The maximum absolute atomic E-state index is 11.1. The van der Waals surface area contributed by atoms with Gasteiger partial charge in [-0.1, -0.05) is 0 Å². The third-order valence-corrected chi connectivity index (χ3v) is 2.05. The van der Waals surface area contributed by atoms with E-state index in [1.54, 1.807) is 31.2 Å². The molecule has 0 amide bonds. The van der Waals surface area contributed by atoms with Gasteiger partial charge in [0.1, 0.15) is 5.75 Å². The molecular weight excluding hydrogens is 218 g/mol. The van der Waals surface area contributed by atoms with E-state index in [1.807, 2.05) is 6.07 Å². The second kappa shape index (κ2) is 6.33. The lowest BCUT2D eigenvalue weighted by molar-refractivity contribution is -0.137. The Morgan fingerprint density at radius 2 is 2.29 bits per heavy atom. The fourth-order valence-electron chi connectivity index (χ4n) is 1.27. The summed E-state index contributed by atoms with van der Waals surface area (Å²) in [5.74, 6) is 0.142. The summed E-state index contributed by atoms with van der Waals surface area (Å²) >= 11 is 0. The number of rotatable bonds is 4. The molecular formula is C13H13NO3. The average molecular weight is 231 g/mol. The number of hydrogen-bond acceptors (Lipinski definition) is 4. The molecule has 17 heavy (non-hydrogen) atoms. The largest absolute Gasteiger partial charge is 0.496 e. The topological polar surface area (TPSA) is 59.3 Å². The zero-order valence-corrected chi connectivity index (χ0v) is 9.77. The number of esters is 1. The van der Waals surface area contributed by atoms with Crippen molar-refractivity contribution in [3.8, 4) is 11.8 Å². The number of ether oxygens (including phenoxy) is 2. The van der Waals surface area contributed by atoms with Gasteiger partial charge < -0.3 is 9.47 Å². The second-order valence-electron chi connectivity index (χ2n) is 3.15. The zero-order valence-electron chi connectivity index (χ0n) is 9.77. The molecule has 0 fully saturated rings. The summed E-state index contributed by atoms with van der Waals surface area (Å²) in [6.07, 6.45) is 2.92. The standard InChI is InChI=1S/C13H13NO3/c1-3-17-13(15)7-6-11-5-4-10(9-14)8-12(11)16-2/h4-8H,3H2,1-2H3/b7-6+. The summed E-state index contributed by atoms with van der Waals surface area (Å²) in [6, 6.07) is 7.01. The van der Waals surface area contributed by atoms with Crippen LogP contribution in [0, 0.1) is 11.3 Å². The predicted molar refractivity (Wildman–Crippen MR) is 63.4 cm³/mol. The van der Waals surface area contributed by atoms with Crippen LogP contribution in [0.3, 0.4) is 0 Å². The van der Waals surface area contributed by atoms with Crippen LogP contribution in [0.1, 0.15) is 18.1 Å². The van der Waals surface area contributed by atoms with Crippen LogP contribution in [0.5, 0.6) is 5.75 Å². The Hall–Kier alpha value is -2.28. The summed E-state index contributed by atoms with van der Waals surface area (Å²) in [5, 5.41) is 8.74. The fraction of sp³-hybridized carbons (Fsp3) is 0.231. The molecule has 88 valence electrons. The number of nitriles is 1. The molecule has 0 radical (unpaired) electrons. The van der Waals surface area contributed by atoms with Gasteiger partial charge in [0.25, 0.3) is 0 Å². The Morgan fingerprint density at radius 3 is 2.88 bits per heavy atom. The molecule has 1 aromatic carbocycles. The quantitative estimate of drug-likeness (QED) is 0.588. The third-order valence-electron chi connectivity index (χ3n) is 2.05. The highest BCUT2D eigenvalue weighted by Gasteiger charge is 2.02. The van der Waals surface area contributed by atoms with Crippen molar-refractivity contribution in [2.45, 2.75) is 6.92 Å². The summed E-state index contributed by atoms with van der Waals surface area (Å²) in [4.78, 5) is 11.1. The summed E-state index contributed by atoms with van der Waals surface area (Å²) < 4.78 is 9.89. The summed E-state index contributed by atoms with van der Waals surface area (Å²) in [6.45, 7) is 2.09. The van der Waals surface area contributed by atoms with Crippen LogP contribution < -0.4 is 4.74 Å². The summed E-state index contributed by atoms with van der Waals surface area (Å²) in [7, 11) is 1.51. The fourth-order valence-corrected chi connectivity index (χ4v) is 1.27. The first kappa shape index (κ1) is 12.8. The molecule has 1 aromatic rings. The highest BCUT2D eigenvalue weighted by molar-refractivity contribution is 5.87. The lowest BCUT2D eigenvalue weighted by Gasteiger charge is -2.04. The molecule has 0 aliphatic carbocycles. The van der Waals surface area contributed by atoms with E-state index in [2.05, 4.69) is 0 Å². The van der Waals surface area contributed by atoms with Gasteiger partial charge in [0, 0.05) is 11.6 Å². The van der Waals surface area contributed by atoms with E-state index in [4.69, 9.17) is 14.7 Å². The molecule has 4 nitrogen and oxygen atoms in total. The molecule has 0 unspecified atom stereocenters. The van der Waals surface area contributed by atoms with Gasteiger partial charge >= 0.3 is 5.97 Å². The molecule has 0 saturated carbocycles. The Bertz CT molecular complexity index is 472. The molecule has 4 heteroatoms. The molecule has 0 aliphatic rings. The van der Waals surface area contributed by atoms with Crippen molar-refractivity contribution in [1.82, 2.24) is 0 Å². The van der Waals surface area contributed by atoms with Crippen LogP contribution in [0.2, 0.25) is 0 Å². The van der Waals surface area contributed by atoms with Crippen LogP contribution in [0.15, 0.2) is 24.3 Å². The molecule has 0 saturated heterocycles. The van der Waals surface area contributed by atoms with Gasteiger partial charge in [0.2, 0.25) is 0 Å². The maximum Gasteiger partial charge on any atom is 0.330 e. The number of carbonyl (C=O) groups excluding carboxylic acids is 1. The Kier molecular flexibility index (Phi) is 4.77. The normalized spacial score (nSPS) is 9.94. The minimum Gasteiger partial charge on any atom is -0.496 e. The van der Waals surface area contributed by atoms with E-state index >= 15 is 0 Å². The van der Waals surface area contributed by atoms with Gasteiger partial charge in [-0.15, -0.1) is 0 Å². The van der Waals surface area contributed by atoms with E-state index in [1.165, 1.54) is 13.2 Å². The van der Waals surface area contributed by atoms with Crippen molar-refractivity contribution >= 4 is 12.0 Å². The van der Waals surface area contributed by atoms with Crippen molar-refractivity contribution in [3.05, 3.63) is 35.4 Å². The number of carbonyl (C=O) groups is 1. The van der Waals surface area contributed by atoms with E-state index in [0.717, 1.165) is 5.56 Å². The molecule has 0 heterocycles. The van der Waals surface area contributed by atoms with Crippen molar-refractivity contribution in [2.24, 2.45) is 0 Å². The van der Waals surface area contributed by atoms with Crippen LogP contribution in [-0.4, -0.2) is 19.7 Å². The van der Waals surface area contributed by atoms with Gasteiger partial charge in [-0.2, -0.15) is 5.26 Å². The molecule has 0 N–H and O–H groups in total. The molecule has 0 atom stereocenters. The van der Waals surface area contributed by atoms with Crippen molar-refractivity contribution in [1.29, 1.82) is 5.26 Å². The van der Waals surface area contributed by atoms with Crippen LogP contribution in [0.4, 0.5) is 0 Å². The Morgan fingerprint density at radius 1 is 1.53 bits per heavy atom. The highest BCUT2D eigenvalue weighted by atomic mass is 16.5. The minimum absolute atomic E-state index is 0.341. The van der Waals surface area contributed by atoms with Gasteiger partial charge in [-0.25, -0.2) is 4.79 Å². The van der Waals surface area contributed by atoms with Crippen molar-refractivity contribution in [2.75, 3.05) is 13.7 Å². The molecule has 0 aromatic heterocycles. The lowest BCUT2D eigenvalue weighted by Crippen LogP contribution is -1.98. The van der Waals surface area contributed by atoms with Crippen LogP contribution in [-0.2, 0) is 9.53 Å². The van der Waals surface area contributed by atoms with E-state index in [-0.39, 0.29) is 0 Å². The smallest absolute Gasteiger partial charge is 0.330 e. The molecule has 0 spiro atoms. The van der Waals surface area contributed by atoms with Crippen molar-refractivity contribution < 1.29 is 14.3 Å². The molecule has 0 bridgehead atoms. The van der Waals surface area contributed by atoms with Gasteiger partial charge in [-0.3, -0.25) is 0 Å². The van der Waals surface area contributed by atoms with Gasteiger partial charge in [-0.05, 0) is 31.2 Å². The molecule has 1 rings (SSSR count). The SMILES string of the molecule is CCOC(=O)/C=C/c1ccc(C#N)cc1OC. The number of nitrogens with zero attached hydrogens (tertiary/aromatic N) is 1. The first-order chi connectivity index (χ1) is 8.21. The first-order valence-corrected chi connectivity index (χ1v) is 5.14. The highest BCUT2D eigenvalue weighted by Crippen LogP contribution is 2.21. The third kappa shape index (κ3) is 3.65. The van der Waals surface area contributed by atoms with Crippen LogP contribution in [0.25, 0.3) is 6.08 Å². The number of methoxy groups -OCH3 is 1. The first-order valence-electron chi connectivity index (χ1n) is 5.14.